The summed E-state index contributed by atoms with van der Waals surface area (Å²) < 4.78 is 56.3. The molecule has 37 heavy (non-hydrogen) atoms. The summed E-state index contributed by atoms with van der Waals surface area (Å²) in [5.41, 5.74) is 4.46. The van der Waals surface area contributed by atoms with E-state index in [0.29, 0.717) is 33.8 Å². The summed E-state index contributed by atoms with van der Waals surface area (Å²) in [7, 11) is 1.46. The first-order chi connectivity index (χ1) is 17.6. The first kappa shape index (κ1) is 26.6. The predicted molar refractivity (Wildman–Crippen MR) is 136 cm³/mol. The number of aryl methyl sites for hydroxylation is 1. The van der Waals surface area contributed by atoms with E-state index in [1.165, 1.54) is 13.3 Å². The summed E-state index contributed by atoms with van der Waals surface area (Å²) in [5.74, 6) is -0.422. The van der Waals surface area contributed by atoms with Crippen LogP contribution in [0, 0.1) is 13.8 Å². The van der Waals surface area contributed by atoms with Gasteiger partial charge in [-0.05, 0) is 65.7 Å². The van der Waals surface area contributed by atoms with Crippen LogP contribution in [0.3, 0.4) is 0 Å². The number of aliphatic carboxylic acids is 1. The zero-order valence-corrected chi connectivity index (χ0v) is 21.8. The number of nitrogens with zero attached hydrogens (tertiary/aromatic N) is 2. The molecule has 11 heteroatoms. The fourth-order valence-electron chi connectivity index (χ4n) is 3.93. The van der Waals surface area contributed by atoms with Crippen LogP contribution < -0.4 is 9.47 Å². The standard InChI is InChI=1S/C26H23F3N2O4S2/c1-14-15(2)20(10-9-17(14)18-7-5-4-6-16(18)8-11-21(32)33)35-13-19-23(25-30-12-22(34-3)36-25)31-37-24(19)26(27,28)29/h4-7,9-10,12H,8,11,13H2,1-3H3,(H,32,33). The highest BCUT2D eigenvalue weighted by molar-refractivity contribution is 7.17. The molecule has 0 radical (unpaired) electrons. The molecule has 0 aliphatic carbocycles. The Morgan fingerprint density at radius 2 is 1.84 bits per heavy atom. The van der Waals surface area contributed by atoms with E-state index in [0.717, 1.165) is 39.2 Å². The highest BCUT2D eigenvalue weighted by Crippen LogP contribution is 2.42. The van der Waals surface area contributed by atoms with Gasteiger partial charge in [0.25, 0.3) is 0 Å². The number of hydrogen-bond donors (Lipinski definition) is 1. The molecule has 2 aromatic carbocycles. The third-order valence-electron chi connectivity index (χ3n) is 5.96. The van der Waals surface area contributed by atoms with Crippen LogP contribution in [0.1, 0.15) is 33.6 Å². The third-order valence-corrected chi connectivity index (χ3v) is 7.86. The summed E-state index contributed by atoms with van der Waals surface area (Å²) >= 11 is 1.48. The average Bonchev–Trinajstić information content (AvgIpc) is 3.51. The zero-order chi connectivity index (χ0) is 26.7. The minimum atomic E-state index is -4.58. The van der Waals surface area contributed by atoms with Crippen molar-refractivity contribution in [2.24, 2.45) is 0 Å². The van der Waals surface area contributed by atoms with Crippen molar-refractivity contribution in [1.29, 1.82) is 0 Å². The summed E-state index contributed by atoms with van der Waals surface area (Å²) in [5, 5.41) is 9.87. The van der Waals surface area contributed by atoms with Crippen molar-refractivity contribution < 1.29 is 32.5 Å². The van der Waals surface area contributed by atoms with Crippen LogP contribution in [0.5, 0.6) is 10.8 Å². The smallest absolute Gasteiger partial charge is 0.427 e. The summed E-state index contributed by atoms with van der Waals surface area (Å²) in [4.78, 5) is 14.4. The molecule has 0 aliphatic heterocycles. The number of alkyl halides is 3. The highest BCUT2D eigenvalue weighted by Gasteiger charge is 2.38. The topological polar surface area (TPSA) is 81.5 Å². The molecule has 194 valence electrons. The van der Waals surface area contributed by atoms with Crippen LogP contribution in [0.25, 0.3) is 21.8 Å². The SMILES string of the molecule is COc1cnc(-c2nsc(C(F)(F)F)c2COc2ccc(-c3ccccc3CCC(=O)O)c(C)c2C)s1. The monoisotopic (exact) mass is 548 g/mol. The number of aromatic nitrogens is 2. The molecule has 0 spiro atoms. The molecule has 0 unspecified atom stereocenters. The van der Waals surface area contributed by atoms with Crippen LogP contribution >= 0.6 is 22.9 Å². The lowest BCUT2D eigenvalue weighted by Gasteiger charge is -2.17. The van der Waals surface area contributed by atoms with Gasteiger partial charge < -0.3 is 14.6 Å². The Balaban J connectivity index is 1.65. The minimum Gasteiger partial charge on any atom is -0.488 e. The maximum atomic E-state index is 13.7. The number of carboxylic acids is 1. The summed E-state index contributed by atoms with van der Waals surface area (Å²) in [6.07, 6.45) is -2.74. The third kappa shape index (κ3) is 5.78. The van der Waals surface area contributed by atoms with Crippen LogP contribution in [0.4, 0.5) is 13.2 Å². The van der Waals surface area contributed by atoms with Gasteiger partial charge >= 0.3 is 12.1 Å². The van der Waals surface area contributed by atoms with E-state index in [1.807, 2.05) is 44.2 Å². The van der Waals surface area contributed by atoms with Crippen LogP contribution in [0.15, 0.2) is 42.6 Å². The molecule has 4 rings (SSSR count). The van der Waals surface area contributed by atoms with Crippen LogP contribution in [-0.2, 0) is 24.0 Å². The zero-order valence-electron chi connectivity index (χ0n) is 20.2. The first-order valence-electron chi connectivity index (χ1n) is 11.2. The molecule has 0 bridgehead atoms. The van der Waals surface area contributed by atoms with E-state index in [2.05, 4.69) is 9.36 Å². The summed E-state index contributed by atoms with van der Waals surface area (Å²) in [6, 6.07) is 11.2. The number of halogens is 3. The lowest BCUT2D eigenvalue weighted by atomic mass is 9.91. The number of benzene rings is 2. The van der Waals surface area contributed by atoms with Crippen molar-refractivity contribution in [3.63, 3.8) is 0 Å². The quantitative estimate of drug-likeness (QED) is 0.239. The largest absolute Gasteiger partial charge is 0.488 e. The number of thiazole rings is 1. The van der Waals surface area contributed by atoms with Gasteiger partial charge in [0.05, 0.1) is 13.3 Å². The summed E-state index contributed by atoms with van der Waals surface area (Å²) in [6.45, 7) is 3.42. The van der Waals surface area contributed by atoms with Gasteiger partial charge in [-0.2, -0.15) is 17.5 Å². The van der Waals surface area contributed by atoms with Gasteiger partial charge in [0.15, 0.2) is 5.06 Å². The van der Waals surface area contributed by atoms with E-state index < -0.39 is 17.0 Å². The highest BCUT2D eigenvalue weighted by atomic mass is 32.1. The lowest BCUT2D eigenvalue weighted by Crippen LogP contribution is -2.09. The van der Waals surface area contributed by atoms with Crippen LogP contribution in [-0.4, -0.2) is 27.5 Å². The maximum absolute atomic E-state index is 13.7. The molecular formula is C26H23F3N2O4S2. The Morgan fingerprint density at radius 1 is 1.08 bits per heavy atom. The maximum Gasteiger partial charge on any atom is 0.427 e. The molecular weight excluding hydrogens is 525 g/mol. The lowest BCUT2D eigenvalue weighted by molar-refractivity contribution is -0.137. The number of carbonyl (C=O) groups is 1. The Bertz CT molecular complexity index is 1430. The first-order valence-corrected chi connectivity index (χ1v) is 12.8. The molecule has 0 atom stereocenters. The van der Waals surface area contributed by atoms with Gasteiger partial charge in [-0.25, -0.2) is 4.98 Å². The molecule has 2 heterocycles. The number of carboxylic acid groups (broad SMARTS) is 1. The van der Waals surface area contributed by atoms with Crippen LogP contribution in [0.2, 0.25) is 0 Å². The van der Waals surface area contributed by atoms with E-state index >= 15 is 0 Å². The van der Waals surface area contributed by atoms with Crippen molar-refractivity contribution in [1.82, 2.24) is 9.36 Å². The van der Waals surface area contributed by atoms with Gasteiger partial charge in [-0.15, -0.1) is 0 Å². The predicted octanol–water partition coefficient (Wildman–Crippen LogP) is 7.17. The van der Waals surface area contributed by atoms with Crippen molar-refractivity contribution in [2.45, 2.75) is 39.5 Å². The average molecular weight is 549 g/mol. The fraction of sp³-hybridized carbons (Fsp3) is 0.269. The molecule has 0 saturated carbocycles. The van der Waals surface area contributed by atoms with Gasteiger partial charge in [-0.1, -0.05) is 41.7 Å². The number of methoxy groups -OCH3 is 1. The second kappa shape index (κ2) is 10.9. The van der Waals surface area contributed by atoms with E-state index in [9.17, 15) is 18.0 Å². The van der Waals surface area contributed by atoms with Gasteiger partial charge in [0.2, 0.25) is 0 Å². The second-order valence-electron chi connectivity index (χ2n) is 8.23. The molecule has 0 saturated heterocycles. The molecule has 4 aromatic rings. The second-order valence-corrected chi connectivity index (χ2v) is 9.99. The minimum absolute atomic E-state index is 0.0136. The number of hydrogen-bond acceptors (Lipinski definition) is 7. The van der Waals surface area contributed by atoms with Gasteiger partial charge in [0.1, 0.15) is 27.9 Å². The van der Waals surface area contributed by atoms with Gasteiger partial charge in [-0.3, -0.25) is 4.79 Å². The van der Waals surface area contributed by atoms with E-state index in [1.54, 1.807) is 6.07 Å². The molecule has 0 aliphatic rings. The number of ether oxygens (including phenoxy) is 2. The van der Waals surface area contributed by atoms with Gasteiger partial charge in [0, 0.05) is 12.0 Å². The van der Waals surface area contributed by atoms with Crippen molar-refractivity contribution >= 4 is 28.8 Å². The van der Waals surface area contributed by atoms with Crippen molar-refractivity contribution in [3.05, 3.63) is 69.7 Å². The van der Waals surface area contributed by atoms with Crippen molar-refractivity contribution in [2.75, 3.05) is 7.11 Å². The molecule has 0 amide bonds. The fourth-order valence-corrected chi connectivity index (χ4v) is 5.49. The van der Waals surface area contributed by atoms with E-state index in [4.69, 9.17) is 14.6 Å². The van der Waals surface area contributed by atoms with Crippen molar-refractivity contribution in [3.8, 4) is 32.6 Å². The normalized spacial score (nSPS) is 11.5. The Morgan fingerprint density at radius 3 is 2.51 bits per heavy atom. The Labute approximate surface area is 219 Å². The molecule has 6 nitrogen and oxygen atoms in total. The Hall–Kier alpha value is -3.44. The number of rotatable bonds is 9. The van der Waals surface area contributed by atoms with E-state index in [-0.39, 0.29) is 24.3 Å². The molecule has 0 fully saturated rings. The Kier molecular flexibility index (Phi) is 7.84. The molecule has 2 aromatic heterocycles. The molecule has 1 N–H and O–H groups in total.